The SMILES string of the molecule is CC1CCN(c2nc(NN)nc(N(C)C)n2)CC1C. The first-order valence-electron chi connectivity index (χ1n) is 6.66. The third-order valence-corrected chi connectivity index (χ3v) is 3.76. The molecule has 1 aromatic rings. The van der Waals surface area contributed by atoms with Crippen molar-refractivity contribution in [2.24, 2.45) is 17.7 Å². The molecule has 106 valence electrons. The van der Waals surface area contributed by atoms with E-state index in [1.807, 2.05) is 19.0 Å². The monoisotopic (exact) mass is 265 g/mol. The van der Waals surface area contributed by atoms with Gasteiger partial charge in [0.2, 0.25) is 17.8 Å². The lowest BCUT2D eigenvalue weighted by molar-refractivity contribution is 0.321. The van der Waals surface area contributed by atoms with E-state index in [-0.39, 0.29) is 0 Å². The zero-order chi connectivity index (χ0) is 14.0. The number of hydrogen-bond donors (Lipinski definition) is 2. The number of hydrogen-bond acceptors (Lipinski definition) is 7. The molecule has 3 N–H and O–H groups in total. The molecule has 1 aromatic heterocycles. The van der Waals surface area contributed by atoms with Gasteiger partial charge in [0, 0.05) is 27.2 Å². The van der Waals surface area contributed by atoms with Crippen LogP contribution in [0.15, 0.2) is 0 Å². The normalized spacial score (nSPS) is 23.3. The van der Waals surface area contributed by atoms with Gasteiger partial charge in [-0.1, -0.05) is 13.8 Å². The number of rotatable bonds is 3. The lowest BCUT2D eigenvalue weighted by atomic mass is 9.89. The number of anilines is 3. The van der Waals surface area contributed by atoms with Crippen LogP contribution in [0.2, 0.25) is 0 Å². The van der Waals surface area contributed by atoms with Crippen molar-refractivity contribution in [1.82, 2.24) is 15.0 Å². The van der Waals surface area contributed by atoms with Crippen molar-refractivity contribution in [2.45, 2.75) is 20.3 Å². The van der Waals surface area contributed by atoms with Crippen LogP contribution in [0.25, 0.3) is 0 Å². The minimum Gasteiger partial charge on any atom is -0.347 e. The smallest absolute Gasteiger partial charge is 0.243 e. The lowest BCUT2D eigenvalue weighted by Crippen LogP contribution is -2.39. The van der Waals surface area contributed by atoms with E-state index in [9.17, 15) is 0 Å². The van der Waals surface area contributed by atoms with Gasteiger partial charge in [0.1, 0.15) is 0 Å². The number of piperidine rings is 1. The van der Waals surface area contributed by atoms with E-state index in [0.29, 0.717) is 23.8 Å². The zero-order valence-electron chi connectivity index (χ0n) is 12.1. The Labute approximate surface area is 114 Å². The van der Waals surface area contributed by atoms with Crippen LogP contribution < -0.4 is 21.1 Å². The third kappa shape index (κ3) is 3.04. The molecule has 0 radical (unpaired) electrons. The van der Waals surface area contributed by atoms with E-state index in [1.54, 1.807) is 0 Å². The summed E-state index contributed by atoms with van der Waals surface area (Å²) in [5.41, 5.74) is 2.51. The molecule has 7 heteroatoms. The van der Waals surface area contributed by atoms with Crippen LogP contribution >= 0.6 is 0 Å². The van der Waals surface area contributed by atoms with Crippen LogP contribution in [0.1, 0.15) is 20.3 Å². The van der Waals surface area contributed by atoms with Gasteiger partial charge < -0.3 is 9.80 Å². The second-order valence-electron chi connectivity index (χ2n) is 5.49. The average Bonchev–Trinajstić information content (AvgIpc) is 2.41. The van der Waals surface area contributed by atoms with E-state index in [1.165, 1.54) is 0 Å². The summed E-state index contributed by atoms with van der Waals surface area (Å²) in [6, 6.07) is 0. The topological polar surface area (TPSA) is 83.2 Å². The molecule has 1 saturated heterocycles. The van der Waals surface area contributed by atoms with Crippen LogP contribution in [-0.4, -0.2) is 42.1 Å². The van der Waals surface area contributed by atoms with Crippen LogP contribution in [0, 0.1) is 11.8 Å². The van der Waals surface area contributed by atoms with Gasteiger partial charge in [-0.05, 0) is 18.3 Å². The molecule has 1 aliphatic rings. The average molecular weight is 265 g/mol. The maximum absolute atomic E-state index is 5.43. The molecule has 2 heterocycles. The number of nitrogen functional groups attached to an aromatic ring is 1. The molecule has 0 bridgehead atoms. The first kappa shape index (κ1) is 13.8. The summed E-state index contributed by atoms with van der Waals surface area (Å²) in [6.45, 7) is 6.52. The Morgan fingerprint density at radius 3 is 2.53 bits per heavy atom. The van der Waals surface area contributed by atoms with Gasteiger partial charge in [-0.15, -0.1) is 0 Å². The standard InChI is InChI=1S/C12H23N7/c1-8-5-6-19(7-9(8)2)12-15-10(17-13)14-11(16-12)18(3)4/h8-9H,5-7,13H2,1-4H3,(H,14,15,16,17). The highest BCUT2D eigenvalue weighted by Crippen LogP contribution is 2.26. The van der Waals surface area contributed by atoms with E-state index >= 15 is 0 Å². The van der Waals surface area contributed by atoms with Crippen LogP contribution in [0.4, 0.5) is 17.8 Å². The fourth-order valence-corrected chi connectivity index (χ4v) is 2.20. The highest BCUT2D eigenvalue weighted by Gasteiger charge is 2.25. The van der Waals surface area contributed by atoms with Gasteiger partial charge in [-0.2, -0.15) is 15.0 Å². The molecule has 2 unspecified atom stereocenters. The first-order chi connectivity index (χ1) is 9.01. The van der Waals surface area contributed by atoms with Gasteiger partial charge in [0.05, 0.1) is 0 Å². The summed E-state index contributed by atoms with van der Waals surface area (Å²) in [5.74, 6) is 8.53. The highest BCUT2D eigenvalue weighted by atomic mass is 15.4. The predicted molar refractivity (Wildman–Crippen MR) is 77.1 cm³/mol. The molecule has 19 heavy (non-hydrogen) atoms. The van der Waals surface area contributed by atoms with Crippen molar-refractivity contribution in [3.05, 3.63) is 0 Å². The van der Waals surface area contributed by atoms with E-state index in [0.717, 1.165) is 25.4 Å². The van der Waals surface area contributed by atoms with Crippen molar-refractivity contribution in [1.29, 1.82) is 0 Å². The van der Waals surface area contributed by atoms with Crippen molar-refractivity contribution in [3.8, 4) is 0 Å². The fraction of sp³-hybridized carbons (Fsp3) is 0.750. The molecule has 0 saturated carbocycles. The summed E-state index contributed by atoms with van der Waals surface area (Å²) in [7, 11) is 3.81. The summed E-state index contributed by atoms with van der Waals surface area (Å²) in [5, 5.41) is 0. The second-order valence-corrected chi connectivity index (χ2v) is 5.49. The van der Waals surface area contributed by atoms with Crippen molar-refractivity contribution in [3.63, 3.8) is 0 Å². The zero-order valence-corrected chi connectivity index (χ0v) is 12.1. The second kappa shape index (κ2) is 5.56. The molecule has 1 fully saturated rings. The third-order valence-electron chi connectivity index (χ3n) is 3.76. The van der Waals surface area contributed by atoms with Crippen LogP contribution in [-0.2, 0) is 0 Å². The minimum atomic E-state index is 0.403. The summed E-state index contributed by atoms with van der Waals surface area (Å²) in [6.07, 6.45) is 1.16. The van der Waals surface area contributed by atoms with Gasteiger partial charge in [-0.3, -0.25) is 5.43 Å². The van der Waals surface area contributed by atoms with E-state index < -0.39 is 0 Å². The number of nitrogens with one attached hydrogen (secondary N) is 1. The van der Waals surface area contributed by atoms with Gasteiger partial charge in [0.25, 0.3) is 0 Å². The molecular weight excluding hydrogens is 242 g/mol. The van der Waals surface area contributed by atoms with Gasteiger partial charge in [0.15, 0.2) is 0 Å². The molecule has 7 nitrogen and oxygen atoms in total. The maximum Gasteiger partial charge on any atom is 0.243 e. The number of aromatic nitrogens is 3. The molecule has 0 amide bonds. The Bertz CT molecular complexity index is 434. The molecule has 2 atom stereocenters. The number of hydrazine groups is 1. The quantitative estimate of drug-likeness (QED) is 0.615. The highest BCUT2D eigenvalue weighted by molar-refractivity contribution is 5.44. The van der Waals surface area contributed by atoms with Crippen LogP contribution in [0.3, 0.4) is 0 Å². The number of nitrogens with two attached hydrogens (primary N) is 1. The summed E-state index contributed by atoms with van der Waals surface area (Å²) >= 11 is 0. The molecule has 0 spiro atoms. The Morgan fingerprint density at radius 2 is 1.95 bits per heavy atom. The lowest BCUT2D eigenvalue weighted by Gasteiger charge is -2.35. The van der Waals surface area contributed by atoms with E-state index in [4.69, 9.17) is 5.84 Å². The summed E-state index contributed by atoms with van der Waals surface area (Å²) < 4.78 is 0. The minimum absolute atomic E-state index is 0.403. The van der Waals surface area contributed by atoms with E-state index in [2.05, 4.69) is 39.1 Å². The Balaban J connectivity index is 2.26. The van der Waals surface area contributed by atoms with Crippen molar-refractivity contribution < 1.29 is 0 Å². The molecule has 0 aromatic carbocycles. The van der Waals surface area contributed by atoms with Crippen molar-refractivity contribution >= 4 is 17.8 Å². The Kier molecular flexibility index (Phi) is 4.04. The van der Waals surface area contributed by atoms with Gasteiger partial charge >= 0.3 is 0 Å². The Hall–Kier alpha value is -1.63. The summed E-state index contributed by atoms with van der Waals surface area (Å²) in [4.78, 5) is 17.1. The first-order valence-corrected chi connectivity index (χ1v) is 6.66. The maximum atomic E-state index is 5.43. The molecular formula is C12H23N7. The molecule has 2 rings (SSSR count). The van der Waals surface area contributed by atoms with Gasteiger partial charge in [-0.25, -0.2) is 5.84 Å². The largest absolute Gasteiger partial charge is 0.347 e. The number of nitrogens with zero attached hydrogens (tertiary/aromatic N) is 5. The molecule has 0 aliphatic carbocycles. The Morgan fingerprint density at radius 1 is 1.21 bits per heavy atom. The fourth-order valence-electron chi connectivity index (χ4n) is 2.20. The van der Waals surface area contributed by atoms with Crippen molar-refractivity contribution in [2.75, 3.05) is 42.4 Å². The van der Waals surface area contributed by atoms with Crippen LogP contribution in [0.5, 0.6) is 0 Å². The predicted octanol–water partition coefficient (Wildman–Crippen LogP) is 0.706. The molecule has 1 aliphatic heterocycles.